The van der Waals surface area contributed by atoms with E-state index in [1.807, 2.05) is 31.2 Å². The lowest BCUT2D eigenvalue weighted by Gasteiger charge is -2.14. The molecule has 2 N–H and O–H groups in total. The monoisotopic (exact) mass is 394 g/mol. The summed E-state index contributed by atoms with van der Waals surface area (Å²) in [5.41, 5.74) is 6.01. The smallest absolute Gasteiger partial charge is 0.312 e. The molecule has 2 heterocycles. The molecule has 0 unspecified atom stereocenters. The minimum atomic E-state index is -4.55. The molecule has 0 aliphatic heterocycles. The van der Waals surface area contributed by atoms with E-state index < -0.39 is 17.6 Å². The molecule has 0 radical (unpaired) electrons. The van der Waals surface area contributed by atoms with Gasteiger partial charge >= 0.3 is 6.18 Å². The van der Waals surface area contributed by atoms with Gasteiger partial charge in [-0.05, 0) is 36.8 Å². The van der Waals surface area contributed by atoms with Crippen LogP contribution in [-0.4, -0.2) is 15.5 Å². The van der Waals surface area contributed by atoms with Crippen LogP contribution >= 0.6 is 11.6 Å². The van der Waals surface area contributed by atoms with Crippen molar-refractivity contribution in [2.75, 3.05) is 5.43 Å². The fraction of sp³-hybridized carbons (Fsp3) is 0.111. The molecule has 0 aliphatic rings. The molecule has 0 spiro atoms. The second-order valence-corrected chi connectivity index (χ2v) is 6.09. The maximum atomic E-state index is 12.6. The van der Waals surface area contributed by atoms with Crippen molar-refractivity contribution < 1.29 is 18.0 Å². The second-order valence-electron chi connectivity index (χ2n) is 5.68. The zero-order valence-electron chi connectivity index (χ0n) is 14.0. The van der Waals surface area contributed by atoms with Crippen LogP contribution in [0.2, 0.25) is 5.02 Å². The Hall–Kier alpha value is -3.00. The first kappa shape index (κ1) is 18.8. The molecule has 0 atom stereocenters. The van der Waals surface area contributed by atoms with E-state index in [1.54, 1.807) is 22.9 Å². The molecule has 0 bridgehead atoms. The fourth-order valence-electron chi connectivity index (χ4n) is 2.47. The summed E-state index contributed by atoms with van der Waals surface area (Å²) in [7, 11) is 0. The van der Waals surface area contributed by atoms with Crippen molar-refractivity contribution in [3.8, 4) is 5.69 Å². The van der Waals surface area contributed by atoms with Crippen molar-refractivity contribution in [2.24, 2.45) is 0 Å². The highest BCUT2D eigenvalue weighted by Crippen LogP contribution is 2.32. The third kappa shape index (κ3) is 4.06. The third-order valence-corrected chi connectivity index (χ3v) is 4.11. The molecule has 0 saturated heterocycles. The van der Waals surface area contributed by atoms with E-state index in [0.717, 1.165) is 17.3 Å². The molecule has 0 aliphatic carbocycles. The van der Waals surface area contributed by atoms with Gasteiger partial charge in [0.1, 0.15) is 5.69 Å². The molecule has 0 saturated carbocycles. The number of benzene rings is 1. The van der Waals surface area contributed by atoms with Gasteiger partial charge in [0.15, 0.2) is 5.82 Å². The predicted molar refractivity (Wildman–Crippen MR) is 95.8 cm³/mol. The first-order valence-electron chi connectivity index (χ1n) is 7.80. The Labute approximate surface area is 157 Å². The molecular formula is C18H14ClF3N4O. The number of aryl methyl sites for hydroxylation is 1. The van der Waals surface area contributed by atoms with E-state index in [9.17, 15) is 18.0 Å². The van der Waals surface area contributed by atoms with Crippen molar-refractivity contribution in [1.82, 2.24) is 15.0 Å². The molecule has 2 aromatic heterocycles. The molecule has 3 aromatic rings. The average molecular weight is 395 g/mol. The van der Waals surface area contributed by atoms with Gasteiger partial charge in [0.05, 0.1) is 10.6 Å². The molecule has 3 rings (SSSR count). The van der Waals surface area contributed by atoms with E-state index in [4.69, 9.17) is 11.6 Å². The summed E-state index contributed by atoms with van der Waals surface area (Å²) in [6.07, 6.45) is -2.18. The van der Waals surface area contributed by atoms with E-state index in [0.29, 0.717) is 11.9 Å². The van der Waals surface area contributed by atoms with Crippen LogP contribution in [0.5, 0.6) is 0 Å². The van der Waals surface area contributed by atoms with Crippen LogP contribution in [-0.2, 0) is 6.18 Å². The lowest BCUT2D eigenvalue weighted by molar-refractivity contribution is -0.137. The van der Waals surface area contributed by atoms with Gasteiger partial charge in [0, 0.05) is 18.1 Å². The van der Waals surface area contributed by atoms with E-state index >= 15 is 0 Å². The number of anilines is 1. The zero-order valence-corrected chi connectivity index (χ0v) is 14.8. The van der Waals surface area contributed by atoms with Gasteiger partial charge < -0.3 is 4.57 Å². The van der Waals surface area contributed by atoms with Crippen molar-refractivity contribution in [3.05, 3.63) is 76.7 Å². The highest BCUT2D eigenvalue weighted by Gasteiger charge is 2.31. The first-order valence-corrected chi connectivity index (χ1v) is 8.17. The minimum absolute atomic E-state index is 0.0907. The Morgan fingerprint density at radius 3 is 2.59 bits per heavy atom. The lowest BCUT2D eigenvalue weighted by Crippen LogP contribution is -2.31. The molecule has 5 nitrogen and oxygen atoms in total. The quantitative estimate of drug-likeness (QED) is 0.635. The Kier molecular flexibility index (Phi) is 5.09. The summed E-state index contributed by atoms with van der Waals surface area (Å²) in [5, 5.41) is -0.264. The van der Waals surface area contributed by atoms with Crippen molar-refractivity contribution >= 4 is 23.3 Å². The van der Waals surface area contributed by atoms with Crippen LogP contribution in [0, 0.1) is 6.92 Å². The van der Waals surface area contributed by atoms with Crippen LogP contribution < -0.4 is 10.9 Å². The zero-order chi connectivity index (χ0) is 19.6. The number of amides is 1. The number of carbonyl (C=O) groups excluding carboxylic acids is 1. The molecule has 27 heavy (non-hydrogen) atoms. The molecule has 9 heteroatoms. The fourth-order valence-corrected chi connectivity index (χ4v) is 2.69. The SMILES string of the molecule is Cc1ccccc1-n1cccc1C(=O)NNc1ncc(C(F)(F)F)cc1Cl. The highest BCUT2D eigenvalue weighted by atomic mass is 35.5. The van der Waals surface area contributed by atoms with Crippen molar-refractivity contribution in [2.45, 2.75) is 13.1 Å². The molecule has 0 fully saturated rings. The van der Waals surface area contributed by atoms with Crippen LogP contribution in [0.3, 0.4) is 0 Å². The summed E-state index contributed by atoms with van der Waals surface area (Å²) < 4.78 is 39.6. The van der Waals surface area contributed by atoms with Crippen LogP contribution in [0.15, 0.2) is 54.9 Å². The van der Waals surface area contributed by atoms with E-state index in [-0.39, 0.29) is 10.8 Å². The van der Waals surface area contributed by atoms with Gasteiger partial charge in [0.25, 0.3) is 5.91 Å². The van der Waals surface area contributed by atoms with E-state index in [2.05, 4.69) is 15.8 Å². The topological polar surface area (TPSA) is 59.0 Å². The van der Waals surface area contributed by atoms with Crippen molar-refractivity contribution in [1.29, 1.82) is 0 Å². The Morgan fingerprint density at radius 2 is 1.93 bits per heavy atom. The second kappa shape index (κ2) is 7.32. The molecular weight excluding hydrogens is 381 g/mol. The average Bonchev–Trinajstić information content (AvgIpc) is 3.09. The highest BCUT2D eigenvalue weighted by molar-refractivity contribution is 6.33. The summed E-state index contributed by atoms with van der Waals surface area (Å²) in [6.45, 7) is 1.92. The number of pyridine rings is 1. The standard InChI is InChI=1S/C18H14ClF3N4O/c1-11-5-2-3-6-14(11)26-8-4-7-15(26)17(27)25-24-16-13(19)9-12(10-23-16)18(20,21)22/h2-10H,1H3,(H,23,24)(H,25,27). The van der Waals surface area contributed by atoms with Crippen LogP contribution in [0.25, 0.3) is 5.69 Å². The Balaban J connectivity index is 1.77. The van der Waals surface area contributed by atoms with Gasteiger partial charge in [-0.15, -0.1) is 0 Å². The Morgan fingerprint density at radius 1 is 1.19 bits per heavy atom. The molecule has 1 amide bonds. The van der Waals surface area contributed by atoms with Gasteiger partial charge in [-0.25, -0.2) is 4.98 Å². The minimum Gasteiger partial charge on any atom is -0.312 e. The number of nitrogens with zero attached hydrogens (tertiary/aromatic N) is 2. The maximum Gasteiger partial charge on any atom is 0.417 e. The largest absolute Gasteiger partial charge is 0.417 e. The normalized spacial score (nSPS) is 11.3. The number of para-hydroxylation sites is 1. The third-order valence-electron chi connectivity index (χ3n) is 3.82. The van der Waals surface area contributed by atoms with Gasteiger partial charge in [-0.3, -0.25) is 15.6 Å². The number of alkyl halides is 3. The number of hydrazine groups is 1. The Bertz CT molecular complexity index is 985. The maximum absolute atomic E-state index is 12.6. The number of hydrogen-bond donors (Lipinski definition) is 2. The molecule has 140 valence electrons. The number of rotatable bonds is 4. The van der Waals surface area contributed by atoms with Crippen molar-refractivity contribution in [3.63, 3.8) is 0 Å². The number of aromatic nitrogens is 2. The van der Waals surface area contributed by atoms with E-state index in [1.165, 1.54) is 0 Å². The molecule has 1 aromatic carbocycles. The summed E-state index contributed by atoms with van der Waals surface area (Å²) in [4.78, 5) is 16.1. The van der Waals surface area contributed by atoms with Crippen LogP contribution in [0.4, 0.5) is 19.0 Å². The van der Waals surface area contributed by atoms with Gasteiger partial charge in [0.2, 0.25) is 0 Å². The summed E-state index contributed by atoms with van der Waals surface area (Å²) in [6, 6.07) is 11.6. The lowest BCUT2D eigenvalue weighted by atomic mass is 10.2. The van der Waals surface area contributed by atoms with Gasteiger partial charge in [-0.2, -0.15) is 13.2 Å². The van der Waals surface area contributed by atoms with Crippen LogP contribution in [0.1, 0.15) is 21.6 Å². The number of carbonyl (C=O) groups is 1. The predicted octanol–water partition coefficient (Wildman–Crippen LogP) is 4.61. The summed E-state index contributed by atoms with van der Waals surface area (Å²) in [5.74, 6) is -0.590. The summed E-state index contributed by atoms with van der Waals surface area (Å²) >= 11 is 5.81. The number of halogens is 4. The van der Waals surface area contributed by atoms with Gasteiger partial charge in [-0.1, -0.05) is 29.8 Å². The number of nitrogens with one attached hydrogen (secondary N) is 2. The number of hydrogen-bond acceptors (Lipinski definition) is 3. The first-order chi connectivity index (χ1) is 12.8.